The van der Waals surface area contributed by atoms with Crippen LogP contribution in [0.25, 0.3) is 0 Å². The van der Waals surface area contributed by atoms with Crippen molar-refractivity contribution in [2.45, 2.75) is 77.6 Å². The Balaban J connectivity index is 1.43. The minimum absolute atomic E-state index is 0.868. The van der Waals surface area contributed by atoms with E-state index in [0.29, 0.717) is 0 Å². The van der Waals surface area contributed by atoms with E-state index in [1.807, 2.05) is 0 Å². The van der Waals surface area contributed by atoms with Crippen molar-refractivity contribution in [3.05, 3.63) is 0 Å². The van der Waals surface area contributed by atoms with Crippen molar-refractivity contribution in [1.82, 2.24) is 0 Å². The van der Waals surface area contributed by atoms with Gasteiger partial charge in [0.25, 0.3) is 0 Å². The molecule has 2 atom stereocenters. The molecule has 5 aliphatic carbocycles. The first-order chi connectivity index (χ1) is 7.72. The second-order valence-corrected chi connectivity index (χ2v) is 7.88. The van der Waals surface area contributed by atoms with Crippen molar-refractivity contribution in [3.8, 4) is 0 Å². The van der Waals surface area contributed by atoms with Crippen LogP contribution in [0.1, 0.15) is 77.6 Å². The number of rotatable bonds is 5. The minimum Gasteiger partial charge on any atom is -0.0654 e. The Morgan fingerprint density at radius 3 is 2.25 bits per heavy atom. The Kier molecular flexibility index (Phi) is 1.79. The molecule has 5 fully saturated rings. The summed E-state index contributed by atoms with van der Waals surface area (Å²) >= 11 is 0. The fourth-order valence-electron chi connectivity index (χ4n) is 6.61. The molecule has 0 radical (unpaired) electrons. The van der Waals surface area contributed by atoms with E-state index in [1.54, 1.807) is 44.9 Å². The average molecular weight is 218 g/mol. The summed E-state index contributed by atoms with van der Waals surface area (Å²) in [5, 5.41) is 0. The molecule has 0 aromatic heterocycles. The molecule has 5 aliphatic rings. The van der Waals surface area contributed by atoms with Gasteiger partial charge >= 0.3 is 0 Å². The lowest BCUT2D eigenvalue weighted by Crippen LogP contribution is -2.32. The highest BCUT2D eigenvalue weighted by molar-refractivity contribution is 5.30. The Morgan fingerprint density at radius 2 is 1.62 bits per heavy atom. The Labute approximate surface area is 100 Å². The summed E-state index contributed by atoms with van der Waals surface area (Å²) in [5.74, 6) is 1.17. The fraction of sp³-hybridized carbons (Fsp3) is 1.00. The van der Waals surface area contributed by atoms with E-state index < -0.39 is 0 Å². The lowest BCUT2D eigenvalue weighted by Gasteiger charge is -2.43. The molecule has 0 aromatic carbocycles. The van der Waals surface area contributed by atoms with E-state index in [9.17, 15) is 0 Å². The molecule has 2 unspecified atom stereocenters. The van der Waals surface area contributed by atoms with E-state index in [2.05, 4.69) is 6.92 Å². The van der Waals surface area contributed by atoms with E-state index in [1.165, 1.54) is 31.6 Å². The van der Waals surface area contributed by atoms with Crippen LogP contribution in [0.5, 0.6) is 0 Å². The molecule has 90 valence electrons. The highest BCUT2D eigenvalue weighted by Gasteiger charge is 2.81. The van der Waals surface area contributed by atoms with Crippen LogP contribution in [0.3, 0.4) is 0 Å². The molecule has 0 aliphatic heterocycles. The molecule has 4 bridgehead atoms. The summed E-state index contributed by atoms with van der Waals surface area (Å²) in [4.78, 5) is 0. The van der Waals surface area contributed by atoms with Gasteiger partial charge in [0.1, 0.15) is 0 Å². The van der Waals surface area contributed by atoms with Gasteiger partial charge in [0.2, 0.25) is 0 Å². The van der Waals surface area contributed by atoms with E-state index in [0.717, 1.165) is 16.2 Å². The first kappa shape index (κ1) is 9.97. The summed E-state index contributed by atoms with van der Waals surface area (Å²) in [6.45, 7) is 2.33. The first-order valence-corrected chi connectivity index (χ1v) is 7.72. The van der Waals surface area contributed by atoms with Gasteiger partial charge in [-0.2, -0.15) is 0 Å². The molecule has 2 spiro atoms. The molecule has 0 saturated heterocycles. The topological polar surface area (TPSA) is 0 Å². The maximum absolute atomic E-state index is 2.33. The molecule has 0 nitrogen and oxygen atoms in total. The van der Waals surface area contributed by atoms with Crippen LogP contribution >= 0.6 is 0 Å². The minimum atomic E-state index is 0.868. The maximum Gasteiger partial charge on any atom is -0.0227 e. The van der Waals surface area contributed by atoms with Crippen molar-refractivity contribution < 1.29 is 0 Å². The number of unbranched alkanes of at least 4 members (excludes halogenated alkanes) is 3. The van der Waals surface area contributed by atoms with Gasteiger partial charge in [0.05, 0.1) is 0 Å². The second kappa shape index (κ2) is 2.87. The zero-order chi connectivity index (χ0) is 10.9. The SMILES string of the molecule is CCCCCCC12CC3CC4(C1)CC4(C3)C2. The number of hydrogen-bond donors (Lipinski definition) is 0. The van der Waals surface area contributed by atoms with Gasteiger partial charge in [-0.25, -0.2) is 0 Å². The molecule has 0 heteroatoms. The third kappa shape index (κ3) is 1.07. The van der Waals surface area contributed by atoms with Crippen LogP contribution in [0.2, 0.25) is 0 Å². The van der Waals surface area contributed by atoms with Crippen LogP contribution in [0.4, 0.5) is 0 Å². The summed E-state index contributed by atoms with van der Waals surface area (Å²) in [6.07, 6.45) is 17.4. The molecule has 0 N–H and O–H groups in total. The molecule has 5 saturated carbocycles. The smallest absolute Gasteiger partial charge is 0.0227 e. The van der Waals surface area contributed by atoms with Gasteiger partial charge in [-0.05, 0) is 67.1 Å². The van der Waals surface area contributed by atoms with Gasteiger partial charge in [-0.3, -0.25) is 0 Å². The van der Waals surface area contributed by atoms with Crippen LogP contribution in [0.15, 0.2) is 0 Å². The van der Waals surface area contributed by atoms with Crippen molar-refractivity contribution >= 4 is 0 Å². The first-order valence-electron chi connectivity index (χ1n) is 7.72. The number of hydrogen-bond acceptors (Lipinski definition) is 0. The molecular weight excluding hydrogens is 192 g/mol. The zero-order valence-corrected chi connectivity index (χ0v) is 10.9. The Hall–Kier alpha value is 0. The Morgan fingerprint density at radius 1 is 0.875 bits per heavy atom. The predicted octanol–water partition coefficient (Wildman–Crippen LogP) is 4.93. The standard InChI is InChI=1S/C16H26/c1-2-3-4-5-6-14-7-13-8-15(10-14)12-16(15,9-13)11-14/h13H,2-12H2,1H3. The zero-order valence-electron chi connectivity index (χ0n) is 10.9. The highest BCUT2D eigenvalue weighted by Crippen LogP contribution is 2.90. The monoisotopic (exact) mass is 218 g/mol. The van der Waals surface area contributed by atoms with Gasteiger partial charge in [0.15, 0.2) is 0 Å². The molecule has 0 heterocycles. The van der Waals surface area contributed by atoms with E-state index in [4.69, 9.17) is 0 Å². The lowest BCUT2D eigenvalue weighted by molar-refractivity contribution is 0.0755. The van der Waals surface area contributed by atoms with Crippen molar-refractivity contribution in [3.63, 3.8) is 0 Å². The summed E-state index contributed by atoms with van der Waals surface area (Å²) < 4.78 is 0. The highest BCUT2D eigenvalue weighted by atomic mass is 14.8. The van der Waals surface area contributed by atoms with Crippen molar-refractivity contribution in [2.24, 2.45) is 22.2 Å². The van der Waals surface area contributed by atoms with Crippen LogP contribution in [-0.2, 0) is 0 Å². The van der Waals surface area contributed by atoms with Crippen LogP contribution in [0, 0.1) is 22.2 Å². The average Bonchev–Trinajstić information content (AvgIpc) is 2.61. The summed E-state index contributed by atoms with van der Waals surface area (Å²) in [7, 11) is 0. The van der Waals surface area contributed by atoms with Crippen molar-refractivity contribution in [2.75, 3.05) is 0 Å². The maximum atomic E-state index is 2.33. The summed E-state index contributed by atoms with van der Waals surface area (Å²) in [6, 6.07) is 0. The Bertz CT molecular complexity index is 298. The van der Waals surface area contributed by atoms with Gasteiger partial charge in [-0.15, -0.1) is 0 Å². The third-order valence-electron chi connectivity index (χ3n) is 6.74. The molecule has 16 heavy (non-hydrogen) atoms. The van der Waals surface area contributed by atoms with Crippen LogP contribution in [-0.4, -0.2) is 0 Å². The molecule has 0 amide bonds. The molecule has 0 aromatic rings. The van der Waals surface area contributed by atoms with Gasteiger partial charge < -0.3 is 0 Å². The predicted molar refractivity (Wildman–Crippen MR) is 67.3 cm³/mol. The lowest BCUT2D eigenvalue weighted by atomic mass is 9.62. The van der Waals surface area contributed by atoms with E-state index >= 15 is 0 Å². The summed E-state index contributed by atoms with van der Waals surface area (Å²) in [5.41, 5.74) is 2.73. The van der Waals surface area contributed by atoms with E-state index in [-0.39, 0.29) is 0 Å². The van der Waals surface area contributed by atoms with Gasteiger partial charge in [-0.1, -0.05) is 32.6 Å². The molecule has 5 rings (SSSR count). The van der Waals surface area contributed by atoms with Crippen LogP contribution < -0.4 is 0 Å². The third-order valence-corrected chi connectivity index (χ3v) is 6.74. The van der Waals surface area contributed by atoms with Crippen molar-refractivity contribution in [1.29, 1.82) is 0 Å². The second-order valence-electron chi connectivity index (χ2n) is 7.88. The largest absolute Gasteiger partial charge is 0.0654 e. The fourth-order valence-corrected chi connectivity index (χ4v) is 6.61. The molecular formula is C16H26. The normalized spacial score (nSPS) is 55.7. The quantitative estimate of drug-likeness (QED) is 0.574. The van der Waals surface area contributed by atoms with Gasteiger partial charge in [0, 0.05) is 0 Å².